The molecule has 2 aromatic rings. The summed E-state index contributed by atoms with van der Waals surface area (Å²) < 4.78 is 0. The highest BCUT2D eigenvalue weighted by Gasteiger charge is 2.19. The lowest BCUT2D eigenvalue weighted by Gasteiger charge is -2.38. The predicted molar refractivity (Wildman–Crippen MR) is 85.8 cm³/mol. The molecule has 1 saturated heterocycles. The molecule has 0 spiro atoms. The van der Waals surface area contributed by atoms with Crippen LogP contribution in [0.2, 0.25) is 0 Å². The van der Waals surface area contributed by atoms with E-state index >= 15 is 0 Å². The monoisotopic (exact) mass is 283 g/mol. The lowest BCUT2D eigenvalue weighted by Crippen LogP contribution is -2.46. The summed E-state index contributed by atoms with van der Waals surface area (Å²) in [5, 5.41) is 9.44. The largest absolute Gasteiger partial charge is 0.392 e. The van der Waals surface area contributed by atoms with Crippen molar-refractivity contribution in [1.82, 2.24) is 4.98 Å². The summed E-state index contributed by atoms with van der Waals surface area (Å²) in [6, 6.07) is 10.5. The molecule has 0 atom stereocenters. The number of aryl methyl sites for hydroxylation is 1. The molecule has 21 heavy (non-hydrogen) atoms. The van der Waals surface area contributed by atoms with Gasteiger partial charge in [-0.1, -0.05) is 12.1 Å². The Balaban J connectivity index is 1.70. The van der Waals surface area contributed by atoms with E-state index in [1.807, 2.05) is 12.3 Å². The summed E-state index contributed by atoms with van der Waals surface area (Å²) in [6.45, 7) is 6.07. The zero-order valence-corrected chi connectivity index (χ0v) is 12.4. The van der Waals surface area contributed by atoms with E-state index in [4.69, 9.17) is 0 Å². The van der Waals surface area contributed by atoms with Crippen molar-refractivity contribution < 1.29 is 5.11 Å². The standard InChI is InChI=1S/C17H21N3O/c1-14-3-2-4-16(11-14)19-7-9-20(10-8-19)17-12-18-6-5-15(17)13-21/h2-6,11-12,21H,7-10,13H2,1H3. The van der Waals surface area contributed by atoms with E-state index in [0.717, 1.165) is 37.4 Å². The zero-order chi connectivity index (χ0) is 14.7. The molecule has 1 N–H and O–H groups in total. The van der Waals surface area contributed by atoms with E-state index in [2.05, 4.69) is 46.0 Å². The first-order chi connectivity index (χ1) is 10.3. The Hall–Kier alpha value is -2.07. The number of benzene rings is 1. The van der Waals surface area contributed by atoms with E-state index in [9.17, 15) is 5.11 Å². The molecule has 110 valence electrons. The number of hydrogen-bond acceptors (Lipinski definition) is 4. The molecule has 0 unspecified atom stereocenters. The van der Waals surface area contributed by atoms with Gasteiger partial charge in [0, 0.05) is 43.6 Å². The van der Waals surface area contributed by atoms with Crippen molar-refractivity contribution in [2.75, 3.05) is 36.0 Å². The molecule has 1 aliphatic rings. The van der Waals surface area contributed by atoms with Crippen LogP contribution in [0.1, 0.15) is 11.1 Å². The van der Waals surface area contributed by atoms with Crippen LogP contribution in [0.5, 0.6) is 0 Å². The lowest BCUT2D eigenvalue weighted by molar-refractivity contribution is 0.282. The number of nitrogens with zero attached hydrogens (tertiary/aromatic N) is 3. The van der Waals surface area contributed by atoms with Gasteiger partial charge in [0.25, 0.3) is 0 Å². The highest BCUT2D eigenvalue weighted by Crippen LogP contribution is 2.23. The molecule has 0 saturated carbocycles. The van der Waals surface area contributed by atoms with Crippen LogP contribution in [-0.2, 0) is 6.61 Å². The maximum absolute atomic E-state index is 9.44. The average molecular weight is 283 g/mol. The molecule has 0 amide bonds. The third kappa shape index (κ3) is 3.00. The molecule has 1 aromatic heterocycles. The average Bonchev–Trinajstić information content (AvgIpc) is 2.55. The first kappa shape index (κ1) is 13.9. The minimum atomic E-state index is 0.0654. The van der Waals surface area contributed by atoms with Crippen LogP contribution in [0.15, 0.2) is 42.7 Å². The molecule has 4 nitrogen and oxygen atoms in total. The van der Waals surface area contributed by atoms with E-state index in [1.54, 1.807) is 6.20 Å². The van der Waals surface area contributed by atoms with Gasteiger partial charge in [0.1, 0.15) is 0 Å². The molecule has 0 bridgehead atoms. The Morgan fingerprint density at radius 2 is 1.86 bits per heavy atom. The third-order valence-electron chi connectivity index (χ3n) is 4.05. The molecule has 0 radical (unpaired) electrons. The molecule has 2 heterocycles. The second-order valence-corrected chi connectivity index (χ2v) is 5.48. The fourth-order valence-electron chi connectivity index (χ4n) is 2.86. The summed E-state index contributed by atoms with van der Waals surface area (Å²) in [7, 11) is 0. The van der Waals surface area contributed by atoms with Gasteiger partial charge in [0.05, 0.1) is 18.5 Å². The SMILES string of the molecule is Cc1cccc(N2CCN(c3cnccc3CO)CC2)c1. The smallest absolute Gasteiger partial charge is 0.0703 e. The minimum absolute atomic E-state index is 0.0654. The van der Waals surface area contributed by atoms with Gasteiger partial charge in [-0.15, -0.1) is 0 Å². The van der Waals surface area contributed by atoms with Gasteiger partial charge < -0.3 is 14.9 Å². The first-order valence-corrected chi connectivity index (χ1v) is 7.38. The number of rotatable bonds is 3. The summed E-state index contributed by atoms with van der Waals surface area (Å²) >= 11 is 0. The summed E-state index contributed by atoms with van der Waals surface area (Å²) in [6.07, 6.45) is 3.59. The van der Waals surface area contributed by atoms with Crippen LogP contribution in [0.25, 0.3) is 0 Å². The van der Waals surface area contributed by atoms with E-state index in [-0.39, 0.29) is 6.61 Å². The Morgan fingerprint density at radius 3 is 2.57 bits per heavy atom. The first-order valence-electron chi connectivity index (χ1n) is 7.38. The normalized spacial score (nSPS) is 15.3. The highest BCUT2D eigenvalue weighted by atomic mass is 16.3. The van der Waals surface area contributed by atoms with E-state index in [0.29, 0.717) is 0 Å². The lowest BCUT2D eigenvalue weighted by atomic mass is 10.1. The third-order valence-corrected chi connectivity index (χ3v) is 4.05. The van der Waals surface area contributed by atoms with Gasteiger partial charge in [0.15, 0.2) is 0 Å². The van der Waals surface area contributed by atoms with Gasteiger partial charge in [-0.2, -0.15) is 0 Å². The number of aliphatic hydroxyl groups is 1. The van der Waals surface area contributed by atoms with Crippen molar-refractivity contribution in [2.45, 2.75) is 13.5 Å². The molecule has 1 aromatic carbocycles. The topological polar surface area (TPSA) is 39.6 Å². The molecular formula is C17H21N3O. The van der Waals surface area contributed by atoms with Crippen molar-refractivity contribution in [2.24, 2.45) is 0 Å². The van der Waals surface area contributed by atoms with Crippen molar-refractivity contribution in [3.05, 3.63) is 53.9 Å². The Labute approximate surface area is 125 Å². The van der Waals surface area contributed by atoms with Crippen molar-refractivity contribution in [3.8, 4) is 0 Å². The van der Waals surface area contributed by atoms with Crippen molar-refractivity contribution in [1.29, 1.82) is 0 Å². The fraction of sp³-hybridized carbons (Fsp3) is 0.353. The molecule has 3 rings (SSSR count). The number of hydrogen-bond donors (Lipinski definition) is 1. The molecule has 4 heteroatoms. The Morgan fingerprint density at radius 1 is 1.10 bits per heavy atom. The van der Waals surface area contributed by atoms with Crippen LogP contribution < -0.4 is 9.80 Å². The van der Waals surface area contributed by atoms with Gasteiger partial charge in [-0.3, -0.25) is 4.98 Å². The van der Waals surface area contributed by atoms with E-state index < -0.39 is 0 Å². The van der Waals surface area contributed by atoms with Gasteiger partial charge in [0.2, 0.25) is 0 Å². The predicted octanol–water partition coefficient (Wildman–Crippen LogP) is 2.21. The van der Waals surface area contributed by atoms with Crippen molar-refractivity contribution >= 4 is 11.4 Å². The van der Waals surface area contributed by atoms with Crippen LogP contribution in [0.4, 0.5) is 11.4 Å². The molecule has 1 aliphatic heterocycles. The highest BCUT2D eigenvalue weighted by molar-refractivity contribution is 5.55. The van der Waals surface area contributed by atoms with E-state index in [1.165, 1.54) is 11.3 Å². The second-order valence-electron chi connectivity index (χ2n) is 5.48. The van der Waals surface area contributed by atoms with Gasteiger partial charge in [-0.25, -0.2) is 0 Å². The number of piperazine rings is 1. The van der Waals surface area contributed by atoms with Crippen LogP contribution in [-0.4, -0.2) is 36.3 Å². The maximum Gasteiger partial charge on any atom is 0.0703 e. The summed E-state index contributed by atoms with van der Waals surface area (Å²) in [5.41, 5.74) is 4.60. The Bertz CT molecular complexity index is 606. The van der Waals surface area contributed by atoms with Crippen molar-refractivity contribution in [3.63, 3.8) is 0 Å². The van der Waals surface area contributed by atoms with Gasteiger partial charge in [-0.05, 0) is 30.7 Å². The summed E-state index contributed by atoms with van der Waals surface area (Å²) in [5.74, 6) is 0. The molecular weight excluding hydrogens is 262 g/mol. The van der Waals surface area contributed by atoms with Gasteiger partial charge >= 0.3 is 0 Å². The quantitative estimate of drug-likeness (QED) is 0.937. The van der Waals surface area contributed by atoms with Crippen LogP contribution >= 0.6 is 0 Å². The number of anilines is 2. The molecule has 0 aliphatic carbocycles. The second kappa shape index (κ2) is 6.14. The number of aliphatic hydroxyl groups excluding tert-OH is 1. The van der Waals surface area contributed by atoms with Crippen LogP contribution in [0, 0.1) is 6.92 Å². The number of pyridine rings is 1. The summed E-state index contributed by atoms with van der Waals surface area (Å²) in [4.78, 5) is 8.92. The zero-order valence-electron chi connectivity index (χ0n) is 12.4. The number of aromatic nitrogens is 1. The minimum Gasteiger partial charge on any atom is -0.392 e. The molecule has 1 fully saturated rings. The van der Waals surface area contributed by atoms with Crippen LogP contribution in [0.3, 0.4) is 0 Å². The Kier molecular flexibility index (Phi) is 4.06. The maximum atomic E-state index is 9.44. The fourth-order valence-corrected chi connectivity index (χ4v) is 2.86.